The fourth-order valence-electron chi connectivity index (χ4n) is 1.57. The molecule has 0 N–H and O–H groups in total. The second kappa shape index (κ2) is 6.14. The fraction of sp³-hybridized carbons (Fsp3) is 0.462. The van der Waals surface area contributed by atoms with Crippen LogP contribution >= 0.6 is 15.9 Å². The normalized spacial score (nSPS) is 10.8. The second-order valence-corrected chi connectivity index (χ2v) is 5.29. The molecule has 3 heteroatoms. The van der Waals surface area contributed by atoms with Crippen LogP contribution in [-0.2, 0) is 11.2 Å². The van der Waals surface area contributed by atoms with Crippen LogP contribution < -0.4 is 0 Å². The molecule has 0 aliphatic rings. The van der Waals surface area contributed by atoms with Crippen molar-refractivity contribution in [2.75, 3.05) is 0 Å². The summed E-state index contributed by atoms with van der Waals surface area (Å²) in [4.78, 5) is 11.5. The third-order valence-electron chi connectivity index (χ3n) is 2.32. The van der Waals surface area contributed by atoms with Crippen LogP contribution in [0.3, 0.4) is 0 Å². The highest BCUT2D eigenvalue weighted by Crippen LogP contribution is 2.17. The van der Waals surface area contributed by atoms with E-state index in [-0.39, 0.29) is 11.6 Å². The van der Waals surface area contributed by atoms with Crippen LogP contribution in [0, 0.1) is 11.7 Å². The molecule has 0 fully saturated rings. The number of ketones is 1. The number of hydrogen-bond acceptors (Lipinski definition) is 1. The molecule has 1 aromatic carbocycles. The lowest BCUT2D eigenvalue weighted by atomic mass is 10.0. The van der Waals surface area contributed by atoms with Crippen LogP contribution in [0.2, 0.25) is 0 Å². The monoisotopic (exact) mass is 286 g/mol. The number of carbonyl (C=O) groups excluding carboxylic acids is 1. The Morgan fingerprint density at radius 2 is 2.12 bits per heavy atom. The first-order valence-corrected chi connectivity index (χ1v) is 6.24. The number of hydrogen-bond donors (Lipinski definition) is 0. The lowest BCUT2D eigenvalue weighted by Gasteiger charge is -2.05. The number of carbonyl (C=O) groups is 1. The molecule has 1 aromatic rings. The lowest BCUT2D eigenvalue weighted by molar-refractivity contribution is -0.119. The zero-order chi connectivity index (χ0) is 12.1. The van der Waals surface area contributed by atoms with Gasteiger partial charge in [0.15, 0.2) is 0 Å². The minimum absolute atomic E-state index is 0.203. The van der Waals surface area contributed by atoms with E-state index in [2.05, 4.69) is 15.9 Å². The first-order chi connectivity index (χ1) is 7.49. The molecule has 0 amide bonds. The molecule has 0 bridgehead atoms. The highest BCUT2D eigenvalue weighted by Gasteiger charge is 2.08. The van der Waals surface area contributed by atoms with Crippen LogP contribution in [-0.4, -0.2) is 5.78 Å². The van der Waals surface area contributed by atoms with Crippen LogP contribution in [0.4, 0.5) is 4.39 Å². The van der Waals surface area contributed by atoms with Crippen molar-refractivity contribution >= 4 is 21.7 Å². The van der Waals surface area contributed by atoms with Gasteiger partial charge >= 0.3 is 0 Å². The Kier molecular flexibility index (Phi) is 5.13. The van der Waals surface area contributed by atoms with Crippen LogP contribution in [0.5, 0.6) is 0 Å². The van der Waals surface area contributed by atoms with E-state index in [1.54, 1.807) is 12.1 Å². The molecule has 0 saturated heterocycles. The van der Waals surface area contributed by atoms with Gasteiger partial charge in [-0.15, -0.1) is 0 Å². The Balaban J connectivity index is 2.54. The van der Waals surface area contributed by atoms with Crippen molar-refractivity contribution in [2.45, 2.75) is 33.1 Å². The molecule has 0 aliphatic carbocycles. The molecule has 88 valence electrons. The van der Waals surface area contributed by atoms with Gasteiger partial charge in [0.25, 0.3) is 0 Å². The Labute approximate surface area is 104 Å². The number of benzene rings is 1. The van der Waals surface area contributed by atoms with Crippen molar-refractivity contribution in [3.05, 3.63) is 34.1 Å². The summed E-state index contributed by atoms with van der Waals surface area (Å²) in [5.74, 6) is 0.342. The van der Waals surface area contributed by atoms with Gasteiger partial charge < -0.3 is 0 Å². The van der Waals surface area contributed by atoms with Crippen molar-refractivity contribution < 1.29 is 9.18 Å². The van der Waals surface area contributed by atoms with Crippen LogP contribution in [0.25, 0.3) is 0 Å². The lowest BCUT2D eigenvalue weighted by Crippen LogP contribution is -2.05. The Morgan fingerprint density at radius 1 is 1.44 bits per heavy atom. The average molecular weight is 287 g/mol. The first-order valence-electron chi connectivity index (χ1n) is 5.44. The highest BCUT2D eigenvalue weighted by molar-refractivity contribution is 9.10. The molecule has 0 unspecified atom stereocenters. The van der Waals surface area contributed by atoms with Gasteiger partial charge in [0.2, 0.25) is 0 Å². The average Bonchev–Trinajstić information content (AvgIpc) is 2.18. The van der Waals surface area contributed by atoms with E-state index >= 15 is 0 Å². The number of Topliss-reactive ketones (excluding diaryl/α,β-unsaturated/α-hetero) is 1. The summed E-state index contributed by atoms with van der Waals surface area (Å²) in [7, 11) is 0. The maximum atomic E-state index is 13.4. The van der Waals surface area contributed by atoms with E-state index in [1.165, 1.54) is 6.07 Å². The minimum Gasteiger partial charge on any atom is -0.300 e. The molecule has 1 rings (SSSR count). The fourth-order valence-corrected chi connectivity index (χ4v) is 1.97. The van der Waals surface area contributed by atoms with Crippen molar-refractivity contribution in [2.24, 2.45) is 5.92 Å². The summed E-state index contributed by atoms with van der Waals surface area (Å²) < 4.78 is 14.2. The molecular weight excluding hydrogens is 271 g/mol. The summed E-state index contributed by atoms with van der Waals surface area (Å²) in [6.07, 6.45) is 1.48. The molecule has 0 heterocycles. The van der Waals surface area contributed by atoms with Gasteiger partial charge in [0, 0.05) is 17.3 Å². The van der Waals surface area contributed by atoms with Crippen molar-refractivity contribution in [3.63, 3.8) is 0 Å². The highest BCUT2D eigenvalue weighted by atomic mass is 79.9. The standard InChI is InChI=1S/C13H16BrFO/c1-9(2)7-12(16)5-3-10-8-11(14)4-6-13(10)15/h4,6,8-9H,3,5,7H2,1-2H3. The van der Waals surface area contributed by atoms with Gasteiger partial charge in [0.05, 0.1) is 0 Å². The molecule has 0 saturated carbocycles. The number of rotatable bonds is 5. The zero-order valence-electron chi connectivity index (χ0n) is 9.59. The third kappa shape index (κ3) is 4.44. The Hall–Kier alpha value is -0.700. The van der Waals surface area contributed by atoms with Crippen LogP contribution in [0.1, 0.15) is 32.3 Å². The Morgan fingerprint density at radius 3 is 2.75 bits per heavy atom. The summed E-state index contributed by atoms with van der Waals surface area (Å²) >= 11 is 3.29. The van der Waals surface area contributed by atoms with Gasteiger partial charge in [0.1, 0.15) is 11.6 Å². The van der Waals surface area contributed by atoms with Gasteiger partial charge in [-0.3, -0.25) is 4.79 Å². The molecule has 1 nitrogen and oxygen atoms in total. The molecule has 0 spiro atoms. The summed E-state index contributed by atoms with van der Waals surface area (Å²) in [6, 6.07) is 4.82. The van der Waals surface area contributed by atoms with E-state index < -0.39 is 0 Å². The predicted molar refractivity (Wildman–Crippen MR) is 66.9 cm³/mol. The van der Waals surface area contributed by atoms with E-state index in [0.717, 1.165) is 4.47 Å². The second-order valence-electron chi connectivity index (χ2n) is 4.37. The largest absolute Gasteiger partial charge is 0.300 e. The van der Waals surface area contributed by atoms with Gasteiger partial charge in [-0.2, -0.15) is 0 Å². The van der Waals surface area contributed by atoms with E-state index in [4.69, 9.17) is 0 Å². The topological polar surface area (TPSA) is 17.1 Å². The summed E-state index contributed by atoms with van der Waals surface area (Å²) in [5, 5.41) is 0. The van der Waals surface area contributed by atoms with Crippen molar-refractivity contribution in [3.8, 4) is 0 Å². The predicted octanol–water partition coefficient (Wildman–Crippen LogP) is 4.14. The smallest absolute Gasteiger partial charge is 0.133 e. The van der Waals surface area contributed by atoms with Crippen molar-refractivity contribution in [1.82, 2.24) is 0 Å². The minimum atomic E-state index is -0.236. The molecular formula is C13H16BrFO. The zero-order valence-corrected chi connectivity index (χ0v) is 11.2. The van der Waals surface area contributed by atoms with Crippen LogP contribution in [0.15, 0.2) is 22.7 Å². The molecule has 0 atom stereocenters. The number of halogens is 2. The van der Waals surface area contributed by atoms with Gasteiger partial charge in [-0.05, 0) is 36.1 Å². The molecule has 0 aliphatic heterocycles. The SMILES string of the molecule is CC(C)CC(=O)CCc1cc(Br)ccc1F. The van der Waals surface area contributed by atoms with Gasteiger partial charge in [-0.1, -0.05) is 29.8 Å². The van der Waals surface area contributed by atoms with Crippen molar-refractivity contribution in [1.29, 1.82) is 0 Å². The number of aryl methyl sites for hydroxylation is 1. The Bertz CT molecular complexity index is 374. The van der Waals surface area contributed by atoms with E-state index in [0.29, 0.717) is 30.7 Å². The summed E-state index contributed by atoms with van der Waals surface area (Å²) in [6.45, 7) is 4.02. The van der Waals surface area contributed by atoms with Gasteiger partial charge in [-0.25, -0.2) is 4.39 Å². The molecule has 16 heavy (non-hydrogen) atoms. The maximum absolute atomic E-state index is 13.4. The quantitative estimate of drug-likeness (QED) is 0.795. The van der Waals surface area contributed by atoms with E-state index in [9.17, 15) is 9.18 Å². The first kappa shape index (κ1) is 13.4. The molecule has 0 radical (unpaired) electrons. The third-order valence-corrected chi connectivity index (χ3v) is 2.81. The van der Waals surface area contributed by atoms with E-state index in [1.807, 2.05) is 13.8 Å². The maximum Gasteiger partial charge on any atom is 0.133 e. The molecule has 0 aromatic heterocycles. The summed E-state index contributed by atoms with van der Waals surface area (Å²) in [5.41, 5.74) is 0.603.